The molecule has 0 atom stereocenters. The molecule has 0 aliphatic carbocycles. The summed E-state index contributed by atoms with van der Waals surface area (Å²) < 4.78 is 27.5. The highest BCUT2D eigenvalue weighted by Crippen LogP contribution is 2.24. The van der Waals surface area contributed by atoms with Gasteiger partial charge in [0.2, 0.25) is 0 Å². The predicted molar refractivity (Wildman–Crippen MR) is 96.0 cm³/mol. The number of halogens is 2. The molecule has 3 rings (SSSR count). The number of alkyl halides is 2. The first-order valence-electron chi connectivity index (χ1n) is 8.38. The van der Waals surface area contributed by atoms with E-state index < -0.39 is 6.43 Å². The van der Waals surface area contributed by atoms with Crippen molar-refractivity contribution in [2.75, 3.05) is 6.54 Å². The second-order valence-electron chi connectivity index (χ2n) is 6.08. The Morgan fingerprint density at radius 1 is 1.26 bits per heavy atom. The summed E-state index contributed by atoms with van der Waals surface area (Å²) in [5.41, 5.74) is 8.16. The molecule has 0 amide bonds. The predicted octanol–water partition coefficient (Wildman–Crippen LogP) is 3.01. The first-order valence-corrected chi connectivity index (χ1v) is 8.38. The van der Waals surface area contributed by atoms with Gasteiger partial charge in [-0.15, -0.1) is 0 Å². The second-order valence-corrected chi connectivity index (χ2v) is 6.08. The van der Waals surface area contributed by atoms with Crippen molar-refractivity contribution in [1.82, 2.24) is 19.5 Å². The van der Waals surface area contributed by atoms with Gasteiger partial charge in [-0.25, -0.2) is 23.7 Å². The van der Waals surface area contributed by atoms with E-state index in [4.69, 9.17) is 5.73 Å². The largest absolute Gasteiger partial charge is 0.330 e. The van der Waals surface area contributed by atoms with E-state index in [-0.39, 0.29) is 12.2 Å². The van der Waals surface area contributed by atoms with Crippen molar-refractivity contribution in [3.8, 4) is 17.5 Å². The van der Waals surface area contributed by atoms with Gasteiger partial charge in [0.1, 0.15) is 11.5 Å². The average Bonchev–Trinajstić information content (AvgIpc) is 3.03. The van der Waals surface area contributed by atoms with Gasteiger partial charge in [0.15, 0.2) is 5.82 Å². The third kappa shape index (κ3) is 4.15. The monoisotopic (exact) mass is 368 g/mol. The van der Waals surface area contributed by atoms with E-state index in [0.29, 0.717) is 30.2 Å². The van der Waals surface area contributed by atoms with Crippen LogP contribution < -0.4 is 5.73 Å². The van der Waals surface area contributed by atoms with Crippen molar-refractivity contribution in [1.29, 1.82) is 5.26 Å². The van der Waals surface area contributed by atoms with Gasteiger partial charge in [-0.05, 0) is 49.2 Å². The van der Waals surface area contributed by atoms with Gasteiger partial charge in [0.25, 0.3) is 6.43 Å². The van der Waals surface area contributed by atoms with E-state index in [1.165, 1.54) is 6.20 Å². The van der Waals surface area contributed by atoms with Gasteiger partial charge in [-0.3, -0.25) is 0 Å². The lowest BCUT2D eigenvalue weighted by molar-refractivity contribution is 0.146. The Morgan fingerprint density at radius 2 is 2.00 bits per heavy atom. The molecule has 0 saturated heterocycles. The van der Waals surface area contributed by atoms with Crippen molar-refractivity contribution < 1.29 is 8.78 Å². The second kappa shape index (κ2) is 8.01. The van der Waals surface area contributed by atoms with Crippen LogP contribution in [0.1, 0.15) is 34.6 Å². The molecule has 1 aromatic carbocycles. The summed E-state index contributed by atoms with van der Waals surface area (Å²) >= 11 is 0. The third-order valence-corrected chi connectivity index (χ3v) is 4.17. The van der Waals surface area contributed by atoms with Crippen LogP contribution in [0, 0.1) is 18.3 Å². The zero-order valence-electron chi connectivity index (χ0n) is 14.7. The summed E-state index contributed by atoms with van der Waals surface area (Å²) in [5, 5.41) is 9.21. The molecular formula is C19H18F2N6. The van der Waals surface area contributed by atoms with Crippen LogP contribution in [0.2, 0.25) is 0 Å². The van der Waals surface area contributed by atoms with Gasteiger partial charge in [0.05, 0.1) is 11.6 Å². The highest BCUT2D eigenvalue weighted by molar-refractivity contribution is 5.62. The maximum atomic E-state index is 12.9. The molecule has 2 aromatic heterocycles. The topological polar surface area (TPSA) is 93.4 Å². The molecule has 138 valence electrons. The van der Waals surface area contributed by atoms with Crippen molar-refractivity contribution >= 4 is 0 Å². The Balaban J connectivity index is 2.00. The van der Waals surface area contributed by atoms with E-state index in [9.17, 15) is 14.0 Å². The number of nitrogens with zero attached hydrogens (tertiary/aromatic N) is 5. The van der Waals surface area contributed by atoms with Crippen LogP contribution in [0.15, 0.2) is 36.8 Å². The number of nitriles is 1. The van der Waals surface area contributed by atoms with Crippen LogP contribution in [0.25, 0.3) is 11.4 Å². The molecule has 0 aliphatic heterocycles. The maximum absolute atomic E-state index is 12.9. The van der Waals surface area contributed by atoms with Crippen LogP contribution in [0.4, 0.5) is 8.78 Å². The molecule has 0 radical (unpaired) electrons. The first-order chi connectivity index (χ1) is 13.0. The SMILES string of the molecule is Cc1nc(C(F)F)cn1Cc1cc(C#N)ccc1-c1ncc(CCN)cn1. The van der Waals surface area contributed by atoms with E-state index >= 15 is 0 Å². The quantitative estimate of drug-likeness (QED) is 0.722. The minimum atomic E-state index is -2.63. The summed E-state index contributed by atoms with van der Waals surface area (Å²) in [5.74, 6) is 0.972. The molecule has 6 nitrogen and oxygen atoms in total. The molecule has 0 bridgehead atoms. The van der Waals surface area contributed by atoms with Gasteiger partial charge < -0.3 is 10.3 Å². The van der Waals surface area contributed by atoms with E-state index in [0.717, 1.165) is 16.7 Å². The molecular weight excluding hydrogens is 350 g/mol. The van der Waals surface area contributed by atoms with Crippen molar-refractivity contribution in [3.63, 3.8) is 0 Å². The minimum absolute atomic E-state index is 0.270. The number of aryl methyl sites for hydroxylation is 1. The number of hydrogen-bond donors (Lipinski definition) is 1. The Kier molecular flexibility index (Phi) is 5.52. The zero-order chi connectivity index (χ0) is 19.4. The van der Waals surface area contributed by atoms with Crippen LogP contribution in [-0.4, -0.2) is 26.1 Å². The van der Waals surface area contributed by atoms with Crippen LogP contribution >= 0.6 is 0 Å². The van der Waals surface area contributed by atoms with Crippen LogP contribution in [0.3, 0.4) is 0 Å². The smallest absolute Gasteiger partial charge is 0.281 e. The molecule has 0 unspecified atom stereocenters. The minimum Gasteiger partial charge on any atom is -0.330 e. The van der Waals surface area contributed by atoms with Crippen LogP contribution in [0.5, 0.6) is 0 Å². The van der Waals surface area contributed by atoms with Gasteiger partial charge in [0, 0.05) is 30.7 Å². The molecule has 0 spiro atoms. The zero-order valence-corrected chi connectivity index (χ0v) is 14.7. The fraction of sp³-hybridized carbons (Fsp3) is 0.263. The van der Waals surface area contributed by atoms with Gasteiger partial charge in [-0.2, -0.15) is 5.26 Å². The number of imidazole rings is 1. The van der Waals surface area contributed by atoms with Gasteiger partial charge in [-0.1, -0.05) is 0 Å². The van der Waals surface area contributed by atoms with Crippen molar-refractivity contribution in [3.05, 3.63) is 65.0 Å². The number of rotatable bonds is 6. The lowest BCUT2D eigenvalue weighted by atomic mass is 10.0. The van der Waals surface area contributed by atoms with Crippen molar-refractivity contribution in [2.45, 2.75) is 26.3 Å². The summed E-state index contributed by atoms with van der Waals surface area (Å²) in [6.07, 6.45) is 2.82. The first kappa shape index (κ1) is 18.6. The third-order valence-electron chi connectivity index (χ3n) is 4.17. The van der Waals surface area contributed by atoms with E-state index in [1.54, 1.807) is 42.1 Å². The lowest BCUT2D eigenvalue weighted by Gasteiger charge is -2.11. The molecule has 8 heteroatoms. The molecule has 0 aliphatic rings. The fourth-order valence-electron chi connectivity index (χ4n) is 2.78. The molecule has 0 saturated carbocycles. The molecule has 0 fully saturated rings. The normalized spacial score (nSPS) is 11.0. The van der Waals surface area contributed by atoms with E-state index in [1.807, 2.05) is 0 Å². The van der Waals surface area contributed by atoms with Gasteiger partial charge >= 0.3 is 0 Å². The Labute approximate surface area is 155 Å². The average molecular weight is 368 g/mol. The summed E-state index contributed by atoms with van der Waals surface area (Å²) in [4.78, 5) is 12.7. The molecule has 27 heavy (non-hydrogen) atoms. The summed E-state index contributed by atoms with van der Waals surface area (Å²) in [7, 11) is 0. The van der Waals surface area contributed by atoms with Crippen molar-refractivity contribution in [2.24, 2.45) is 5.73 Å². The number of nitrogens with two attached hydrogens (primary N) is 1. The summed E-state index contributed by atoms with van der Waals surface area (Å²) in [6.45, 7) is 2.46. The molecule has 2 N–H and O–H groups in total. The highest BCUT2D eigenvalue weighted by Gasteiger charge is 2.16. The standard InChI is InChI=1S/C19H18F2N6/c1-12-26-17(18(20)21)11-27(12)10-15-6-13(7-23)2-3-16(15)19-24-8-14(4-5-22)9-25-19/h2-3,6,8-9,11,18H,4-5,10,22H2,1H3. The maximum Gasteiger partial charge on any atom is 0.281 e. The number of aromatic nitrogens is 4. The Bertz CT molecular complexity index is 973. The number of benzene rings is 1. The van der Waals surface area contributed by atoms with E-state index in [2.05, 4.69) is 21.0 Å². The van der Waals surface area contributed by atoms with Crippen LogP contribution in [-0.2, 0) is 13.0 Å². The highest BCUT2D eigenvalue weighted by atomic mass is 19.3. The number of hydrogen-bond acceptors (Lipinski definition) is 5. The molecule has 2 heterocycles. The molecule has 3 aromatic rings. The Morgan fingerprint density at radius 3 is 2.59 bits per heavy atom. The lowest BCUT2D eigenvalue weighted by Crippen LogP contribution is -2.06. The Hall–Kier alpha value is -3.18. The summed E-state index contributed by atoms with van der Waals surface area (Å²) in [6, 6.07) is 7.26. The fourth-order valence-corrected chi connectivity index (χ4v) is 2.78.